The van der Waals surface area contributed by atoms with Crippen LogP contribution in [0.5, 0.6) is 0 Å². The molecule has 30 heavy (non-hydrogen) atoms. The topological polar surface area (TPSA) is 52.6 Å². The maximum absolute atomic E-state index is 14.0. The molecule has 1 fully saturated rings. The smallest absolute Gasteiger partial charge is 0.191 e. The Balaban J connectivity index is 0.00000320. The van der Waals surface area contributed by atoms with E-state index in [0.29, 0.717) is 18.2 Å². The van der Waals surface area contributed by atoms with E-state index in [1.165, 1.54) is 12.1 Å². The quantitative estimate of drug-likeness (QED) is 0.333. The van der Waals surface area contributed by atoms with E-state index in [9.17, 15) is 8.78 Å². The van der Waals surface area contributed by atoms with Gasteiger partial charge < -0.3 is 15.5 Å². The summed E-state index contributed by atoms with van der Waals surface area (Å²) in [5.41, 5.74) is 0.481. The van der Waals surface area contributed by atoms with Crippen molar-refractivity contribution in [2.45, 2.75) is 38.6 Å². The van der Waals surface area contributed by atoms with E-state index in [-0.39, 0.29) is 29.9 Å². The van der Waals surface area contributed by atoms with Gasteiger partial charge in [0.2, 0.25) is 0 Å². The number of rotatable bonds is 6. The molecule has 0 amide bonds. The molecule has 2 heterocycles. The van der Waals surface area contributed by atoms with E-state index >= 15 is 0 Å². The van der Waals surface area contributed by atoms with Crippen LogP contribution in [0.3, 0.4) is 0 Å². The van der Waals surface area contributed by atoms with E-state index in [0.717, 1.165) is 50.3 Å². The van der Waals surface area contributed by atoms with E-state index in [4.69, 9.17) is 0 Å². The molecule has 1 atom stereocenters. The maximum atomic E-state index is 14.0. The van der Waals surface area contributed by atoms with Crippen molar-refractivity contribution in [1.29, 1.82) is 0 Å². The molecule has 1 aromatic carbocycles. The highest BCUT2D eigenvalue weighted by Gasteiger charge is 2.21. The van der Waals surface area contributed by atoms with Gasteiger partial charge in [0.05, 0.1) is 0 Å². The summed E-state index contributed by atoms with van der Waals surface area (Å²) in [6.45, 7) is 6.96. The molecule has 3 rings (SSSR count). The molecule has 0 bridgehead atoms. The summed E-state index contributed by atoms with van der Waals surface area (Å²) < 4.78 is 27.1. The lowest BCUT2D eigenvalue weighted by molar-refractivity contribution is 0.459. The van der Waals surface area contributed by atoms with Crippen LogP contribution >= 0.6 is 24.0 Å². The molecule has 1 aliphatic heterocycles. The molecular weight excluding hydrogens is 499 g/mol. The Bertz CT molecular complexity index is 810. The highest BCUT2D eigenvalue weighted by Crippen LogP contribution is 2.20. The zero-order valence-corrected chi connectivity index (χ0v) is 19.8. The van der Waals surface area contributed by atoms with Gasteiger partial charge in [-0.2, -0.15) is 0 Å². The van der Waals surface area contributed by atoms with Gasteiger partial charge in [-0.1, -0.05) is 19.1 Å². The van der Waals surface area contributed by atoms with Gasteiger partial charge in [-0.15, -0.1) is 24.0 Å². The van der Waals surface area contributed by atoms with Crippen molar-refractivity contribution in [3.05, 3.63) is 59.8 Å². The summed E-state index contributed by atoms with van der Waals surface area (Å²) in [5.74, 6) is 0.526. The third-order valence-electron chi connectivity index (χ3n) is 5.17. The number of guanidine groups is 1. The molecule has 1 aromatic heterocycles. The lowest BCUT2D eigenvalue weighted by Gasteiger charge is -2.33. The van der Waals surface area contributed by atoms with Crippen LogP contribution in [0.2, 0.25) is 0 Å². The number of hydrogen-bond acceptors (Lipinski definition) is 3. The van der Waals surface area contributed by atoms with Crippen LogP contribution in [-0.4, -0.2) is 43.2 Å². The van der Waals surface area contributed by atoms with Crippen molar-refractivity contribution < 1.29 is 8.78 Å². The van der Waals surface area contributed by atoms with Gasteiger partial charge in [-0.25, -0.2) is 13.8 Å². The second-order valence-electron chi connectivity index (χ2n) is 7.38. The lowest BCUT2D eigenvalue weighted by atomic mass is 10.0. The summed E-state index contributed by atoms with van der Waals surface area (Å²) in [5, 5.41) is 6.76. The fourth-order valence-corrected chi connectivity index (χ4v) is 3.53. The van der Waals surface area contributed by atoms with Gasteiger partial charge in [-0.05, 0) is 43.5 Å². The zero-order valence-electron chi connectivity index (χ0n) is 17.4. The third kappa shape index (κ3) is 6.78. The Labute approximate surface area is 194 Å². The van der Waals surface area contributed by atoms with E-state index in [1.54, 1.807) is 0 Å². The standard InChI is InChI=1S/C22H29F2N5.HI/c1-3-25-22(27-15-16(2)19-8-7-17(23)14-20(19)24)28-18-9-12-29(13-10-18)21-6-4-5-11-26-21;/h4-8,11,14,16,18H,3,9-10,12-13,15H2,1-2H3,(H2,25,27,28);1H. The van der Waals surface area contributed by atoms with Crippen LogP contribution in [0.25, 0.3) is 0 Å². The number of hydrogen-bond donors (Lipinski definition) is 2. The predicted molar refractivity (Wildman–Crippen MR) is 129 cm³/mol. The second-order valence-corrected chi connectivity index (χ2v) is 7.38. The average molecular weight is 529 g/mol. The van der Waals surface area contributed by atoms with E-state index in [1.807, 2.05) is 38.2 Å². The third-order valence-corrected chi connectivity index (χ3v) is 5.17. The molecule has 5 nitrogen and oxygen atoms in total. The summed E-state index contributed by atoms with van der Waals surface area (Å²) >= 11 is 0. The summed E-state index contributed by atoms with van der Waals surface area (Å²) in [4.78, 5) is 11.3. The lowest BCUT2D eigenvalue weighted by Crippen LogP contribution is -2.49. The van der Waals surface area contributed by atoms with Crippen molar-refractivity contribution in [2.75, 3.05) is 31.1 Å². The van der Waals surface area contributed by atoms with Crippen LogP contribution in [0, 0.1) is 11.6 Å². The van der Waals surface area contributed by atoms with E-state index < -0.39 is 11.6 Å². The van der Waals surface area contributed by atoms with Crippen LogP contribution in [-0.2, 0) is 0 Å². The number of aliphatic imine (C=N–C) groups is 1. The number of nitrogens with one attached hydrogen (secondary N) is 2. The second kappa shape index (κ2) is 12.0. The first-order chi connectivity index (χ1) is 14.1. The predicted octanol–water partition coefficient (Wildman–Crippen LogP) is 4.31. The molecule has 1 unspecified atom stereocenters. The van der Waals surface area contributed by atoms with Gasteiger partial charge in [0, 0.05) is 50.4 Å². The Hall–Kier alpha value is -1.97. The Morgan fingerprint density at radius 1 is 1.23 bits per heavy atom. The van der Waals surface area contributed by atoms with E-state index in [2.05, 4.69) is 25.5 Å². The van der Waals surface area contributed by atoms with Crippen molar-refractivity contribution >= 4 is 35.8 Å². The molecule has 8 heteroatoms. The number of halogens is 3. The Morgan fingerprint density at radius 3 is 2.63 bits per heavy atom. The van der Waals surface area contributed by atoms with Gasteiger partial charge in [-0.3, -0.25) is 4.99 Å². The number of aromatic nitrogens is 1. The maximum Gasteiger partial charge on any atom is 0.191 e. The van der Waals surface area contributed by atoms with Crippen LogP contribution in [0.1, 0.15) is 38.2 Å². The normalized spacial score (nSPS) is 16.0. The molecule has 1 saturated heterocycles. The zero-order chi connectivity index (χ0) is 20.6. The number of benzene rings is 1. The minimum absolute atomic E-state index is 0. The Kier molecular flexibility index (Phi) is 9.74. The average Bonchev–Trinajstić information content (AvgIpc) is 2.73. The number of anilines is 1. The number of nitrogens with zero attached hydrogens (tertiary/aromatic N) is 3. The van der Waals surface area contributed by atoms with Crippen LogP contribution in [0.4, 0.5) is 14.6 Å². The highest BCUT2D eigenvalue weighted by molar-refractivity contribution is 14.0. The first-order valence-electron chi connectivity index (χ1n) is 10.2. The Morgan fingerprint density at radius 2 is 2.00 bits per heavy atom. The van der Waals surface area contributed by atoms with Gasteiger partial charge >= 0.3 is 0 Å². The largest absolute Gasteiger partial charge is 0.357 e. The molecule has 2 N–H and O–H groups in total. The summed E-state index contributed by atoms with van der Waals surface area (Å²) in [6.07, 6.45) is 3.80. The fourth-order valence-electron chi connectivity index (χ4n) is 3.53. The van der Waals surface area contributed by atoms with Crippen LogP contribution in [0.15, 0.2) is 47.6 Å². The van der Waals surface area contributed by atoms with Crippen LogP contribution < -0.4 is 15.5 Å². The minimum Gasteiger partial charge on any atom is -0.357 e. The van der Waals surface area contributed by atoms with Gasteiger partial charge in [0.15, 0.2) is 5.96 Å². The highest BCUT2D eigenvalue weighted by atomic mass is 127. The van der Waals surface area contributed by atoms with Gasteiger partial charge in [0.25, 0.3) is 0 Å². The molecule has 0 radical (unpaired) electrons. The summed E-state index contributed by atoms with van der Waals surface area (Å²) in [6, 6.07) is 10.0. The molecule has 164 valence electrons. The first kappa shape index (κ1) is 24.3. The SMILES string of the molecule is CCNC(=NCC(C)c1ccc(F)cc1F)NC1CCN(c2ccccn2)CC1.I. The number of pyridine rings is 1. The molecule has 0 spiro atoms. The van der Waals surface area contributed by atoms with Crippen molar-refractivity contribution in [2.24, 2.45) is 4.99 Å². The molecule has 0 saturated carbocycles. The minimum atomic E-state index is -0.561. The molecule has 0 aliphatic carbocycles. The molecule has 1 aliphatic rings. The van der Waals surface area contributed by atoms with Crippen molar-refractivity contribution in [1.82, 2.24) is 15.6 Å². The fraction of sp³-hybridized carbons (Fsp3) is 0.455. The number of piperidine rings is 1. The first-order valence-corrected chi connectivity index (χ1v) is 10.2. The molecular formula is C22H30F2IN5. The van der Waals surface area contributed by atoms with Crippen molar-refractivity contribution in [3.8, 4) is 0 Å². The summed E-state index contributed by atoms with van der Waals surface area (Å²) in [7, 11) is 0. The van der Waals surface area contributed by atoms with Crippen molar-refractivity contribution in [3.63, 3.8) is 0 Å². The monoisotopic (exact) mass is 529 g/mol. The molecule has 2 aromatic rings. The van der Waals surface area contributed by atoms with Gasteiger partial charge in [0.1, 0.15) is 17.5 Å².